The molecule has 1 aliphatic rings. The standard InChI is InChI=1S/C27H24F3N3O4/c1-15(2)23(25(35)36)33-14-18-7-6-17(12-22(18)24(33)34)16-8-10-20(11-9-16)31-26(37)32-21-5-3-4-19(13-21)27(28,29)30/h3-13,15,23H,14H2,1-2H3,(H,35,36)(H2,31,32,37)/t23-/m0/s1. The van der Waals surface area contributed by atoms with E-state index in [9.17, 15) is 32.7 Å². The Bertz CT molecular complexity index is 1350. The van der Waals surface area contributed by atoms with Crippen LogP contribution < -0.4 is 10.6 Å². The number of carbonyl (C=O) groups excluding carboxylic acids is 2. The fourth-order valence-corrected chi connectivity index (χ4v) is 4.32. The highest BCUT2D eigenvalue weighted by Gasteiger charge is 2.38. The summed E-state index contributed by atoms with van der Waals surface area (Å²) in [6.07, 6.45) is -4.52. The van der Waals surface area contributed by atoms with Crippen LogP contribution in [0, 0.1) is 5.92 Å². The summed E-state index contributed by atoms with van der Waals surface area (Å²) in [5.74, 6) is -1.62. The van der Waals surface area contributed by atoms with Gasteiger partial charge in [0, 0.05) is 23.5 Å². The van der Waals surface area contributed by atoms with Gasteiger partial charge in [-0.3, -0.25) is 4.79 Å². The van der Waals surface area contributed by atoms with Crippen molar-refractivity contribution < 1.29 is 32.7 Å². The molecule has 0 saturated carbocycles. The highest BCUT2D eigenvalue weighted by Crippen LogP contribution is 2.32. The molecule has 0 saturated heterocycles. The highest BCUT2D eigenvalue weighted by atomic mass is 19.4. The molecule has 192 valence electrons. The van der Waals surface area contributed by atoms with Gasteiger partial charge >= 0.3 is 18.2 Å². The van der Waals surface area contributed by atoms with Crippen molar-refractivity contribution in [3.63, 3.8) is 0 Å². The Morgan fingerprint density at radius 3 is 2.19 bits per heavy atom. The number of carboxylic acid groups (broad SMARTS) is 1. The molecule has 1 aliphatic heterocycles. The number of fused-ring (bicyclic) bond motifs is 1. The van der Waals surface area contributed by atoms with E-state index in [4.69, 9.17) is 0 Å². The topological polar surface area (TPSA) is 98.7 Å². The molecule has 1 atom stereocenters. The molecule has 0 bridgehead atoms. The van der Waals surface area contributed by atoms with Crippen LogP contribution in [0.2, 0.25) is 0 Å². The van der Waals surface area contributed by atoms with Gasteiger partial charge in [-0.2, -0.15) is 13.2 Å². The van der Waals surface area contributed by atoms with E-state index in [1.807, 2.05) is 6.07 Å². The molecule has 7 nitrogen and oxygen atoms in total. The van der Waals surface area contributed by atoms with Crippen LogP contribution in [-0.2, 0) is 17.5 Å². The lowest BCUT2D eigenvalue weighted by molar-refractivity contribution is -0.144. The predicted octanol–water partition coefficient (Wildman–Crippen LogP) is 6.08. The summed E-state index contributed by atoms with van der Waals surface area (Å²) < 4.78 is 38.6. The molecule has 0 unspecified atom stereocenters. The second-order valence-electron chi connectivity index (χ2n) is 9.07. The number of halogens is 3. The van der Waals surface area contributed by atoms with Gasteiger partial charge in [-0.05, 0) is 59.0 Å². The molecular formula is C27H24F3N3O4. The second-order valence-corrected chi connectivity index (χ2v) is 9.07. The average Bonchev–Trinajstić information content (AvgIpc) is 3.14. The van der Waals surface area contributed by atoms with Gasteiger partial charge in [0.1, 0.15) is 6.04 Å². The number of carboxylic acids is 1. The van der Waals surface area contributed by atoms with E-state index in [-0.39, 0.29) is 24.1 Å². The van der Waals surface area contributed by atoms with Crippen LogP contribution in [0.5, 0.6) is 0 Å². The summed E-state index contributed by atoms with van der Waals surface area (Å²) in [6.45, 7) is 3.75. The van der Waals surface area contributed by atoms with Crippen LogP contribution in [0.15, 0.2) is 66.7 Å². The van der Waals surface area contributed by atoms with E-state index < -0.39 is 29.8 Å². The third kappa shape index (κ3) is 5.58. The normalized spacial score (nSPS) is 13.9. The Kier molecular flexibility index (Phi) is 6.93. The lowest BCUT2D eigenvalue weighted by Gasteiger charge is -2.27. The van der Waals surface area contributed by atoms with Gasteiger partial charge in [0.15, 0.2) is 0 Å². The number of hydrogen-bond donors (Lipinski definition) is 3. The minimum absolute atomic E-state index is 0.00315. The van der Waals surface area contributed by atoms with E-state index in [2.05, 4.69) is 10.6 Å². The van der Waals surface area contributed by atoms with Gasteiger partial charge in [-0.25, -0.2) is 9.59 Å². The number of nitrogens with zero attached hydrogens (tertiary/aromatic N) is 1. The van der Waals surface area contributed by atoms with Gasteiger partial charge in [-0.1, -0.05) is 44.2 Å². The van der Waals surface area contributed by atoms with Crippen molar-refractivity contribution in [1.82, 2.24) is 4.90 Å². The number of urea groups is 1. The number of hydrogen-bond acceptors (Lipinski definition) is 3. The summed E-state index contributed by atoms with van der Waals surface area (Å²) >= 11 is 0. The zero-order valence-corrected chi connectivity index (χ0v) is 20.0. The number of rotatable bonds is 6. The van der Waals surface area contributed by atoms with Crippen molar-refractivity contribution in [2.45, 2.75) is 32.6 Å². The Balaban J connectivity index is 1.45. The molecule has 3 aromatic rings. The van der Waals surface area contributed by atoms with Gasteiger partial charge in [0.2, 0.25) is 0 Å². The minimum Gasteiger partial charge on any atom is -0.480 e. The maximum atomic E-state index is 13.0. The van der Waals surface area contributed by atoms with Crippen molar-refractivity contribution in [3.05, 3.63) is 83.4 Å². The number of nitrogens with one attached hydrogen (secondary N) is 2. The first-order valence-electron chi connectivity index (χ1n) is 11.5. The predicted molar refractivity (Wildman–Crippen MR) is 132 cm³/mol. The number of anilines is 2. The van der Waals surface area contributed by atoms with Crippen molar-refractivity contribution >= 4 is 29.3 Å². The van der Waals surface area contributed by atoms with E-state index in [0.29, 0.717) is 11.3 Å². The molecule has 0 spiro atoms. The maximum absolute atomic E-state index is 13.0. The van der Waals surface area contributed by atoms with Crippen molar-refractivity contribution in [1.29, 1.82) is 0 Å². The fraction of sp³-hybridized carbons (Fsp3) is 0.222. The van der Waals surface area contributed by atoms with E-state index in [1.165, 1.54) is 17.0 Å². The fourth-order valence-electron chi connectivity index (χ4n) is 4.32. The first-order chi connectivity index (χ1) is 17.4. The second kappa shape index (κ2) is 9.96. The quantitative estimate of drug-likeness (QED) is 0.374. The van der Waals surface area contributed by atoms with Crippen molar-refractivity contribution in [2.24, 2.45) is 5.92 Å². The molecule has 3 aromatic carbocycles. The van der Waals surface area contributed by atoms with E-state index in [1.54, 1.807) is 50.2 Å². The van der Waals surface area contributed by atoms with Crippen molar-refractivity contribution in [2.75, 3.05) is 10.6 Å². The first-order valence-corrected chi connectivity index (χ1v) is 11.5. The molecule has 3 amide bonds. The number of benzene rings is 3. The molecule has 3 N–H and O–H groups in total. The number of alkyl halides is 3. The molecule has 4 rings (SSSR count). The Labute approximate surface area is 210 Å². The summed E-state index contributed by atoms with van der Waals surface area (Å²) in [5.41, 5.74) is 2.26. The summed E-state index contributed by atoms with van der Waals surface area (Å²) in [5, 5.41) is 14.5. The molecule has 37 heavy (non-hydrogen) atoms. The van der Waals surface area contributed by atoms with Crippen LogP contribution in [0.4, 0.5) is 29.3 Å². The molecule has 0 fully saturated rings. The van der Waals surface area contributed by atoms with Gasteiger partial charge in [-0.15, -0.1) is 0 Å². The Hall–Kier alpha value is -4.34. The van der Waals surface area contributed by atoms with Gasteiger partial charge in [0.25, 0.3) is 5.91 Å². The zero-order valence-electron chi connectivity index (χ0n) is 20.0. The lowest BCUT2D eigenvalue weighted by Crippen LogP contribution is -2.44. The average molecular weight is 512 g/mol. The van der Waals surface area contributed by atoms with E-state index >= 15 is 0 Å². The molecule has 0 aliphatic carbocycles. The van der Waals surface area contributed by atoms with Crippen LogP contribution in [0.3, 0.4) is 0 Å². The maximum Gasteiger partial charge on any atom is 0.416 e. The zero-order chi connectivity index (χ0) is 26.9. The minimum atomic E-state index is -4.52. The molecular weight excluding hydrogens is 487 g/mol. The SMILES string of the molecule is CC(C)[C@@H](C(=O)O)N1Cc2ccc(-c3ccc(NC(=O)Nc4cccc(C(F)(F)F)c4)cc3)cc2C1=O. The van der Waals surface area contributed by atoms with E-state index in [0.717, 1.165) is 28.8 Å². The summed E-state index contributed by atoms with van der Waals surface area (Å²) in [7, 11) is 0. The highest BCUT2D eigenvalue weighted by molar-refractivity contribution is 6.02. The Morgan fingerprint density at radius 2 is 1.57 bits per heavy atom. The summed E-state index contributed by atoms with van der Waals surface area (Å²) in [6, 6.07) is 14.8. The Morgan fingerprint density at radius 1 is 0.919 bits per heavy atom. The van der Waals surface area contributed by atoms with Crippen LogP contribution in [0.1, 0.15) is 35.3 Å². The van der Waals surface area contributed by atoms with Gasteiger partial charge in [0.05, 0.1) is 5.56 Å². The molecule has 10 heteroatoms. The van der Waals surface area contributed by atoms with Crippen molar-refractivity contribution in [3.8, 4) is 11.1 Å². The number of amides is 3. The van der Waals surface area contributed by atoms with Gasteiger partial charge < -0.3 is 20.6 Å². The summed E-state index contributed by atoms with van der Waals surface area (Å²) in [4.78, 5) is 38.3. The molecule has 0 aromatic heterocycles. The lowest BCUT2D eigenvalue weighted by atomic mass is 10.00. The van der Waals surface area contributed by atoms with Crippen LogP contribution in [0.25, 0.3) is 11.1 Å². The smallest absolute Gasteiger partial charge is 0.416 e. The largest absolute Gasteiger partial charge is 0.480 e. The third-order valence-corrected chi connectivity index (χ3v) is 6.09. The van der Waals surface area contributed by atoms with Crippen LogP contribution in [-0.4, -0.2) is 34.0 Å². The number of carbonyl (C=O) groups is 3. The number of aliphatic carboxylic acids is 1. The third-order valence-electron chi connectivity index (χ3n) is 6.09. The van der Waals surface area contributed by atoms with Crippen LogP contribution >= 0.6 is 0 Å². The molecule has 0 radical (unpaired) electrons. The molecule has 1 heterocycles. The monoisotopic (exact) mass is 511 g/mol. The first kappa shape index (κ1) is 25.7.